The van der Waals surface area contributed by atoms with Gasteiger partial charge in [0.2, 0.25) is 0 Å². The fraction of sp³-hybridized carbons (Fsp3) is 0.528. The number of aliphatic hydroxyl groups is 2. The molecule has 0 saturated carbocycles. The Labute approximate surface area is 278 Å². The predicted molar refractivity (Wildman–Crippen MR) is 178 cm³/mol. The van der Waals surface area contributed by atoms with Crippen LogP contribution in [0, 0.1) is 11.6 Å². The van der Waals surface area contributed by atoms with Crippen LogP contribution in [0.1, 0.15) is 57.9 Å². The number of halogens is 2. The lowest BCUT2D eigenvalue weighted by atomic mass is 9.94. The smallest absolute Gasteiger partial charge is 0.319 e. The summed E-state index contributed by atoms with van der Waals surface area (Å²) >= 11 is 0. The number of aliphatic hydroxyl groups excluding tert-OH is 1. The third kappa shape index (κ3) is 5.82. The number of β-amino-alcohol motifs (C(OH)–C–C–N with tert-alkyl or cyclic N) is 1. The van der Waals surface area contributed by atoms with E-state index in [-0.39, 0.29) is 48.0 Å². The molecule has 0 radical (unpaired) electrons. The molecule has 0 aliphatic carbocycles. The Morgan fingerprint density at radius 2 is 1.90 bits per heavy atom. The Kier molecular flexibility index (Phi) is 8.86. The molecule has 4 aromatic rings. The molecular weight excluding hydrogens is 620 g/mol. The third-order valence-electron chi connectivity index (χ3n) is 10.4. The Morgan fingerprint density at radius 3 is 2.67 bits per heavy atom. The van der Waals surface area contributed by atoms with E-state index >= 15 is 8.78 Å². The monoisotopic (exact) mass is 663 g/mol. The van der Waals surface area contributed by atoms with E-state index in [9.17, 15) is 10.2 Å². The second-order valence-corrected chi connectivity index (χ2v) is 13.7. The molecule has 3 atom stereocenters. The molecule has 7 rings (SSSR count). The minimum atomic E-state index is -0.947. The maximum absolute atomic E-state index is 17.1. The van der Waals surface area contributed by atoms with E-state index in [1.54, 1.807) is 31.3 Å². The maximum atomic E-state index is 17.1. The zero-order valence-electron chi connectivity index (χ0n) is 27.8. The number of anilines is 1. The van der Waals surface area contributed by atoms with Gasteiger partial charge >= 0.3 is 6.01 Å². The lowest BCUT2D eigenvalue weighted by Crippen LogP contribution is -2.47. The zero-order valence-corrected chi connectivity index (χ0v) is 27.8. The van der Waals surface area contributed by atoms with Gasteiger partial charge in [0.1, 0.15) is 35.2 Å². The minimum absolute atomic E-state index is 0.000880. The molecule has 5 heterocycles. The van der Waals surface area contributed by atoms with Gasteiger partial charge in [0.05, 0.1) is 23.1 Å². The predicted octanol–water partition coefficient (Wildman–Crippen LogP) is 5.39. The second-order valence-electron chi connectivity index (χ2n) is 13.7. The van der Waals surface area contributed by atoms with Crippen molar-refractivity contribution in [2.24, 2.45) is 0 Å². The highest BCUT2D eigenvalue weighted by Gasteiger charge is 2.49. The fourth-order valence-corrected chi connectivity index (χ4v) is 8.15. The first-order valence-corrected chi connectivity index (χ1v) is 16.9. The summed E-state index contributed by atoms with van der Waals surface area (Å²) < 4.78 is 49.4. The number of pyridine rings is 1. The highest BCUT2D eigenvalue weighted by Crippen LogP contribution is 2.43. The van der Waals surface area contributed by atoms with E-state index in [2.05, 4.69) is 14.9 Å². The normalized spacial score (nSPS) is 24.5. The summed E-state index contributed by atoms with van der Waals surface area (Å²) in [6, 6.07) is 6.63. The van der Waals surface area contributed by atoms with Crippen LogP contribution in [0.15, 0.2) is 30.5 Å². The molecule has 3 fully saturated rings. The average Bonchev–Trinajstić information content (AvgIpc) is 3.65. The number of nitrogens with zero attached hydrogens (tertiary/aromatic N) is 5. The highest BCUT2D eigenvalue weighted by molar-refractivity contribution is 6.01. The van der Waals surface area contributed by atoms with Gasteiger partial charge in [0.25, 0.3) is 0 Å². The van der Waals surface area contributed by atoms with Crippen molar-refractivity contribution in [3.63, 3.8) is 0 Å². The van der Waals surface area contributed by atoms with Gasteiger partial charge in [0, 0.05) is 38.0 Å². The Balaban J connectivity index is 1.37. The van der Waals surface area contributed by atoms with Crippen LogP contribution in [-0.4, -0.2) is 94.0 Å². The van der Waals surface area contributed by atoms with Crippen molar-refractivity contribution >= 4 is 27.5 Å². The summed E-state index contributed by atoms with van der Waals surface area (Å²) in [5.74, 6) is -0.208. The number of hydrogen-bond donors (Lipinski definition) is 2. The van der Waals surface area contributed by atoms with E-state index in [1.165, 1.54) is 13.2 Å². The zero-order chi connectivity index (χ0) is 33.6. The molecule has 3 saturated heterocycles. The summed E-state index contributed by atoms with van der Waals surface area (Å²) in [4.78, 5) is 18.4. The SMILES string of the molecule is CCc1c(F)ccc2cc(OCOC)cc(-c3ncc4c(N5CCC[C@@](C)(O)C5)nc(OC[C@@]56CCCN5[C@H](CO)CC6)nc4c3F)c12. The number of fused-ring (bicyclic) bond motifs is 3. The lowest BCUT2D eigenvalue weighted by molar-refractivity contribution is 0.0446. The summed E-state index contributed by atoms with van der Waals surface area (Å²) in [5.41, 5.74) is -0.333. The van der Waals surface area contributed by atoms with Crippen LogP contribution in [0.5, 0.6) is 11.8 Å². The van der Waals surface area contributed by atoms with Crippen molar-refractivity contribution in [3.05, 3.63) is 47.7 Å². The number of hydrogen-bond acceptors (Lipinski definition) is 10. The van der Waals surface area contributed by atoms with Gasteiger partial charge in [-0.25, -0.2) is 8.78 Å². The highest BCUT2D eigenvalue weighted by atomic mass is 19.1. The molecule has 2 aromatic heterocycles. The fourth-order valence-electron chi connectivity index (χ4n) is 8.15. The Morgan fingerprint density at radius 1 is 1.06 bits per heavy atom. The van der Waals surface area contributed by atoms with Crippen molar-refractivity contribution in [1.29, 1.82) is 0 Å². The quantitative estimate of drug-likeness (QED) is 0.214. The average molecular weight is 664 g/mol. The van der Waals surface area contributed by atoms with Crippen LogP contribution in [-0.2, 0) is 11.2 Å². The maximum Gasteiger partial charge on any atom is 0.319 e. The standard InChI is InChI=1S/C36H43F2N5O5/c1-4-25-28(37)8-7-22-15-24(48-21-46-3)16-26(29(22)25)31-30(38)32-27(17-39-31)33(42-13-5-10-35(2,45)19-42)41-34(40-32)47-20-36-11-6-14-43(36)23(18-44)9-12-36/h7-8,15-17,23,44-45H,4-6,9-14,18-21H2,1-3H3/t23-,35+,36-/m0/s1. The van der Waals surface area contributed by atoms with Crippen LogP contribution in [0.3, 0.4) is 0 Å². The first-order valence-electron chi connectivity index (χ1n) is 16.9. The Hall–Kier alpha value is -3.71. The second kappa shape index (κ2) is 13.0. The van der Waals surface area contributed by atoms with Crippen molar-refractivity contribution in [2.75, 3.05) is 51.7 Å². The van der Waals surface area contributed by atoms with Gasteiger partial charge in [-0.1, -0.05) is 13.0 Å². The Bertz CT molecular complexity index is 1840. The summed E-state index contributed by atoms with van der Waals surface area (Å²) in [6.45, 7) is 5.86. The van der Waals surface area contributed by atoms with Gasteiger partial charge < -0.3 is 29.3 Å². The molecule has 2 aromatic carbocycles. The van der Waals surface area contributed by atoms with Crippen LogP contribution < -0.4 is 14.4 Å². The van der Waals surface area contributed by atoms with Crippen LogP contribution in [0.4, 0.5) is 14.6 Å². The molecule has 10 nitrogen and oxygen atoms in total. The number of benzene rings is 2. The first-order chi connectivity index (χ1) is 23.2. The molecular formula is C36H43F2N5O5. The van der Waals surface area contributed by atoms with Crippen molar-refractivity contribution in [2.45, 2.75) is 76.0 Å². The van der Waals surface area contributed by atoms with E-state index in [0.717, 1.165) is 38.6 Å². The van der Waals surface area contributed by atoms with Gasteiger partial charge in [-0.05, 0) is 92.9 Å². The van der Waals surface area contributed by atoms with Crippen LogP contribution in [0.25, 0.3) is 32.9 Å². The molecule has 0 amide bonds. The topological polar surface area (TPSA) is 113 Å². The van der Waals surface area contributed by atoms with E-state index in [1.807, 2.05) is 11.8 Å². The van der Waals surface area contributed by atoms with Crippen LogP contribution in [0.2, 0.25) is 0 Å². The molecule has 0 bridgehead atoms. The minimum Gasteiger partial charge on any atom is -0.468 e. The molecule has 3 aliphatic rings. The summed E-state index contributed by atoms with van der Waals surface area (Å²) in [6.07, 6.45) is 7.04. The molecule has 256 valence electrons. The lowest BCUT2D eigenvalue weighted by Gasteiger charge is -2.38. The summed E-state index contributed by atoms with van der Waals surface area (Å²) in [5, 5.41) is 22.5. The third-order valence-corrected chi connectivity index (χ3v) is 10.4. The van der Waals surface area contributed by atoms with Crippen molar-refractivity contribution in [3.8, 4) is 23.0 Å². The number of piperidine rings is 1. The first kappa shape index (κ1) is 32.8. The molecule has 0 spiro atoms. The number of methoxy groups -OCH3 is 1. The number of aryl methyl sites for hydroxylation is 1. The molecule has 3 aliphatic heterocycles. The van der Waals surface area contributed by atoms with Gasteiger partial charge in [-0.15, -0.1) is 0 Å². The number of aromatic nitrogens is 3. The van der Waals surface area contributed by atoms with E-state index in [4.69, 9.17) is 19.2 Å². The van der Waals surface area contributed by atoms with Crippen molar-refractivity contribution < 1.29 is 33.2 Å². The summed E-state index contributed by atoms with van der Waals surface area (Å²) in [7, 11) is 1.51. The van der Waals surface area contributed by atoms with Crippen molar-refractivity contribution in [1.82, 2.24) is 19.9 Å². The molecule has 0 unspecified atom stereocenters. The molecule has 12 heteroatoms. The largest absolute Gasteiger partial charge is 0.468 e. The van der Waals surface area contributed by atoms with E-state index in [0.29, 0.717) is 71.4 Å². The van der Waals surface area contributed by atoms with Gasteiger partial charge in [0.15, 0.2) is 12.6 Å². The number of ether oxygens (including phenoxy) is 3. The van der Waals surface area contributed by atoms with Crippen LogP contribution >= 0.6 is 0 Å². The molecule has 48 heavy (non-hydrogen) atoms. The molecule has 2 N–H and O–H groups in total. The van der Waals surface area contributed by atoms with E-state index < -0.39 is 11.4 Å². The van der Waals surface area contributed by atoms with Gasteiger partial charge in [-0.3, -0.25) is 9.88 Å². The number of rotatable bonds is 10. The van der Waals surface area contributed by atoms with Gasteiger partial charge in [-0.2, -0.15) is 9.97 Å².